The van der Waals surface area contributed by atoms with Crippen molar-refractivity contribution in [3.63, 3.8) is 0 Å². The summed E-state index contributed by atoms with van der Waals surface area (Å²) >= 11 is 0. The average Bonchev–Trinajstić information content (AvgIpc) is 2.08. The standard InChI is InChI=1S/C8H16O2/c1-6(9)7-4-10-5-8(7,2)3/h6-7,9H,4-5H2,1-3H3. The van der Waals surface area contributed by atoms with Crippen LogP contribution in [-0.2, 0) is 4.74 Å². The minimum atomic E-state index is -0.238. The molecule has 2 unspecified atom stereocenters. The maximum atomic E-state index is 9.31. The predicted molar refractivity (Wildman–Crippen MR) is 39.8 cm³/mol. The van der Waals surface area contributed by atoms with E-state index in [0.29, 0.717) is 12.5 Å². The summed E-state index contributed by atoms with van der Waals surface area (Å²) in [5, 5.41) is 9.31. The van der Waals surface area contributed by atoms with E-state index in [1.54, 1.807) is 0 Å². The summed E-state index contributed by atoms with van der Waals surface area (Å²) < 4.78 is 5.27. The molecular weight excluding hydrogens is 128 g/mol. The van der Waals surface area contributed by atoms with Crippen LogP contribution in [0.2, 0.25) is 0 Å². The van der Waals surface area contributed by atoms with Crippen LogP contribution in [0, 0.1) is 11.3 Å². The second kappa shape index (κ2) is 2.51. The average molecular weight is 144 g/mol. The topological polar surface area (TPSA) is 29.5 Å². The quantitative estimate of drug-likeness (QED) is 0.596. The summed E-state index contributed by atoms with van der Waals surface area (Å²) in [5.74, 6) is 0.312. The molecule has 1 saturated heterocycles. The van der Waals surface area contributed by atoms with Crippen molar-refractivity contribution in [2.24, 2.45) is 11.3 Å². The molecule has 1 N–H and O–H groups in total. The van der Waals surface area contributed by atoms with Crippen LogP contribution in [0.4, 0.5) is 0 Å². The zero-order chi connectivity index (χ0) is 7.78. The number of aliphatic hydroxyl groups excluding tert-OH is 1. The highest BCUT2D eigenvalue weighted by Crippen LogP contribution is 2.35. The zero-order valence-electron chi connectivity index (χ0n) is 6.92. The molecule has 10 heavy (non-hydrogen) atoms. The van der Waals surface area contributed by atoms with Crippen LogP contribution in [0.25, 0.3) is 0 Å². The Hall–Kier alpha value is -0.0800. The summed E-state index contributed by atoms with van der Waals surface area (Å²) in [6.45, 7) is 7.60. The van der Waals surface area contributed by atoms with Gasteiger partial charge in [0.2, 0.25) is 0 Å². The van der Waals surface area contributed by atoms with Crippen molar-refractivity contribution >= 4 is 0 Å². The Bertz CT molecular complexity index is 118. The third kappa shape index (κ3) is 1.32. The van der Waals surface area contributed by atoms with E-state index in [1.165, 1.54) is 0 Å². The Kier molecular flexibility index (Phi) is 2.02. The van der Waals surface area contributed by atoms with Gasteiger partial charge in [0, 0.05) is 5.92 Å². The molecule has 2 heteroatoms. The fraction of sp³-hybridized carbons (Fsp3) is 1.00. The predicted octanol–water partition coefficient (Wildman–Crippen LogP) is 1.04. The highest BCUT2D eigenvalue weighted by Gasteiger charge is 2.38. The van der Waals surface area contributed by atoms with Crippen LogP contribution >= 0.6 is 0 Å². The molecule has 2 nitrogen and oxygen atoms in total. The van der Waals surface area contributed by atoms with Crippen molar-refractivity contribution < 1.29 is 9.84 Å². The molecule has 0 aromatic heterocycles. The summed E-state index contributed by atoms with van der Waals surface area (Å²) in [6, 6.07) is 0. The van der Waals surface area contributed by atoms with Crippen LogP contribution in [-0.4, -0.2) is 24.4 Å². The van der Waals surface area contributed by atoms with Gasteiger partial charge in [-0.3, -0.25) is 0 Å². The third-order valence-corrected chi connectivity index (χ3v) is 2.36. The summed E-state index contributed by atoms with van der Waals surface area (Å²) in [5.41, 5.74) is 0.161. The van der Waals surface area contributed by atoms with Crippen LogP contribution < -0.4 is 0 Å². The number of hydrogen-bond donors (Lipinski definition) is 1. The Balaban J connectivity index is 2.59. The maximum absolute atomic E-state index is 9.31. The molecule has 1 fully saturated rings. The Morgan fingerprint density at radius 3 is 2.40 bits per heavy atom. The molecule has 0 spiro atoms. The van der Waals surface area contributed by atoms with E-state index in [0.717, 1.165) is 6.61 Å². The smallest absolute Gasteiger partial charge is 0.0568 e. The first-order valence-corrected chi connectivity index (χ1v) is 3.80. The Morgan fingerprint density at radius 2 is 2.20 bits per heavy atom. The summed E-state index contributed by atoms with van der Waals surface area (Å²) in [4.78, 5) is 0. The lowest BCUT2D eigenvalue weighted by Gasteiger charge is -2.26. The zero-order valence-corrected chi connectivity index (χ0v) is 6.92. The molecule has 1 heterocycles. The molecule has 0 aromatic rings. The lowest BCUT2D eigenvalue weighted by atomic mass is 9.79. The summed E-state index contributed by atoms with van der Waals surface area (Å²) in [7, 11) is 0. The minimum Gasteiger partial charge on any atom is -0.393 e. The number of hydrogen-bond acceptors (Lipinski definition) is 2. The monoisotopic (exact) mass is 144 g/mol. The number of rotatable bonds is 1. The normalized spacial score (nSPS) is 34.2. The van der Waals surface area contributed by atoms with E-state index in [9.17, 15) is 5.11 Å². The van der Waals surface area contributed by atoms with E-state index in [4.69, 9.17) is 4.74 Å². The van der Waals surface area contributed by atoms with Crippen LogP contribution in [0.5, 0.6) is 0 Å². The van der Waals surface area contributed by atoms with Crippen molar-refractivity contribution in [1.29, 1.82) is 0 Å². The van der Waals surface area contributed by atoms with Crippen LogP contribution in [0.15, 0.2) is 0 Å². The molecule has 1 aliphatic heterocycles. The van der Waals surface area contributed by atoms with E-state index in [1.807, 2.05) is 6.92 Å². The van der Waals surface area contributed by atoms with Gasteiger partial charge < -0.3 is 9.84 Å². The molecule has 2 atom stereocenters. The Labute approximate surface area is 62.2 Å². The van der Waals surface area contributed by atoms with E-state index in [-0.39, 0.29) is 11.5 Å². The molecule has 0 radical (unpaired) electrons. The van der Waals surface area contributed by atoms with E-state index in [2.05, 4.69) is 13.8 Å². The Morgan fingerprint density at radius 1 is 1.60 bits per heavy atom. The van der Waals surface area contributed by atoms with Gasteiger partial charge in [0.1, 0.15) is 0 Å². The largest absolute Gasteiger partial charge is 0.393 e. The number of ether oxygens (including phenoxy) is 1. The van der Waals surface area contributed by atoms with E-state index >= 15 is 0 Å². The first-order valence-electron chi connectivity index (χ1n) is 3.80. The lowest BCUT2D eigenvalue weighted by molar-refractivity contribution is 0.0770. The molecule has 1 rings (SSSR count). The van der Waals surface area contributed by atoms with E-state index < -0.39 is 0 Å². The van der Waals surface area contributed by atoms with Crippen molar-refractivity contribution in [2.45, 2.75) is 26.9 Å². The fourth-order valence-electron chi connectivity index (χ4n) is 1.57. The van der Waals surface area contributed by atoms with Crippen LogP contribution in [0.1, 0.15) is 20.8 Å². The van der Waals surface area contributed by atoms with Gasteiger partial charge in [-0.1, -0.05) is 13.8 Å². The van der Waals surface area contributed by atoms with Crippen molar-refractivity contribution in [2.75, 3.05) is 13.2 Å². The maximum Gasteiger partial charge on any atom is 0.0568 e. The second-order valence-electron chi connectivity index (χ2n) is 3.85. The lowest BCUT2D eigenvalue weighted by Crippen LogP contribution is -2.30. The highest BCUT2D eigenvalue weighted by atomic mass is 16.5. The first-order chi connectivity index (χ1) is 4.54. The van der Waals surface area contributed by atoms with Gasteiger partial charge >= 0.3 is 0 Å². The fourth-order valence-corrected chi connectivity index (χ4v) is 1.57. The molecule has 1 aliphatic rings. The SMILES string of the molecule is CC(O)C1COCC1(C)C. The molecule has 0 bridgehead atoms. The van der Waals surface area contributed by atoms with Gasteiger partial charge in [-0.25, -0.2) is 0 Å². The van der Waals surface area contributed by atoms with Gasteiger partial charge in [-0.15, -0.1) is 0 Å². The molecular formula is C8H16O2. The van der Waals surface area contributed by atoms with Gasteiger partial charge in [-0.2, -0.15) is 0 Å². The number of aliphatic hydroxyl groups is 1. The van der Waals surface area contributed by atoms with Gasteiger partial charge in [0.25, 0.3) is 0 Å². The minimum absolute atomic E-state index is 0.161. The van der Waals surface area contributed by atoms with Gasteiger partial charge in [0.15, 0.2) is 0 Å². The van der Waals surface area contributed by atoms with Crippen molar-refractivity contribution in [3.05, 3.63) is 0 Å². The molecule has 0 saturated carbocycles. The molecule has 60 valence electrons. The van der Waals surface area contributed by atoms with Gasteiger partial charge in [-0.05, 0) is 12.3 Å². The third-order valence-electron chi connectivity index (χ3n) is 2.36. The first kappa shape index (κ1) is 8.02. The highest BCUT2D eigenvalue weighted by molar-refractivity contribution is 4.85. The van der Waals surface area contributed by atoms with Crippen molar-refractivity contribution in [3.8, 4) is 0 Å². The summed E-state index contributed by atoms with van der Waals surface area (Å²) in [6.07, 6.45) is -0.238. The molecule has 0 amide bonds. The van der Waals surface area contributed by atoms with Gasteiger partial charge in [0.05, 0.1) is 19.3 Å². The molecule has 0 aromatic carbocycles. The van der Waals surface area contributed by atoms with Crippen LogP contribution in [0.3, 0.4) is 0 Å². The second-order valence-corrected chi connectivity index (χ2v) is 3.85. The molecule has 0 aliphatic carbocycles. The van der Waals surface area contributed by atoms with Crippen molar-refractivity contribution in [1.82, 2.24) is 0 Å².